The Morgan fingerprint density at radius 2 is 1.95 bits per heavy atom. The molecule has 1 N–H and O–H groups in total. The van der Waals surface area contributed by atoms with Gasteiger partial charge in [-0.2, -0.15) is 5.26 Å². The Morgan fingerprint density at radius 3 is 2.57 bits per heavy atom. The van der Waals surface area contributed by atoms with Crippen LogP contribution in [0.5, 0.6) is 0 Å². The van der Waals surface area contributed by atoms with E-state index in [2.05, 4.69) is 5.43 Å². The quantitative estimate of drug-likeness (QED) is 0.929. The van der Waals surface area contributed by atoms with E-state index in [0.29, 0.717) is 11.3 Å². The topological polar surface area (TPSA) is 74.9 Å². The van der Waals surface area contributed by atoms with E-state index in [1.807, 2.05) is 36.4 Å². The van der Waals surface area contributed by atoms with Gasteiger partial charge in [0.2, 0.25) is 5.91 Å². The van der Waals surface area contributed by atoms with Crippen molar-refractivity contribution < 1.29 is 4.79 Å². The molecule has 106 valence electrons. The average Bonchev–Trinajstić information content (AvgIpc) is 2.45. The van der Waals surface area contributed by atoms with Crippen molar-refractivity contribution in [2.75, 3.05) is 5.43 Å². The molecule has 1 aromatic carbocycles. The minimum Gasteiger partial charge on any atom is -0.273 e. The van der Waals surface area contributed by atoms with Gasteiger partial charge in [0, 0.05) is 5.69 Å². The molecule has 2 aromatic rings. The first-order valence-electron chi connectivity index (χ1n) is 6.50. The van der Waals surface area contributed by atoms with Gasteiger partial charge in [0.1, 0.15) is 11.6 Å². The molecular formula is C16H15N3O2. The number of nitrogens with one attached hydrogen (secondary N) is 1. The Balaban J connectivity index is 2.26. The average molecular weight is 281 g/mol. The van der Waals surface area contributed by atoms with Gasteiger partial charge in [-0.05, 0) is 31.0 Å². The Hall–Kier alpha value is -2.87. The van der Waals surface area contributed by atoms with E-state index < -0.39 is 5.56 Å². The third-order valence-electron chi connectivity index (χ3n) is 3.15. The minimum atomic E-state index is -0.503. The number of amides is 1. The van der Waals surface area contributed by atoms with Crippen molar-refractivity contribution in [3.63, 3.8) is 0 Å². The third-order valence-corrected chi connectivity index (χ3v) is 3.15. The molecule has 5 nitrogen and oxygen atoms in total. The van der Waals surface area contributed by atoms with E-state index >= 15 is 0 Å². The van der Waals surface area contributed by atoms with Gasteiger partial charge >= 0.3 is 0 Å². The Bertz CT molecular complexity index is 771. The van der Waals surface area contributed by atoms with Crippen LogP contribution in [0.25, 0.3) is 0 Å². The summed E-state index contributed by atoms with van der Waals surface area (Å²) in [7, 11) is 0. The fourth-order valence-electron chi connectivity index (χ4n) is 2.11. The van der Waals surface area contributed by atoms with E-state index in [-0.39, 0.29) is 17.9 Å². The summed E-state index contributed by atoms with van der Waals surface area (Å²) in [6.07, 6.45) is 0.169. The zero-order valence-electron chi connectivity index (χ0n) is 11.9. The van der Waals surface area contributed by atoms with Gasteiger partial charge in [0.25, 0.3) is 5.56 Å². The molecule has 0 spiro atoms. The predicted molar refractivity (Wildman–Crippen MR) is 79.4 cm³/mol. The highest BCUT2D eigenvalue weighted by Gasteiger charge is 2.12. The summed E-state index contributed by atoms with van der Waals surface area (Å²) in [4.78, 5) is 24.2. The van der Waals surface area contributed by atoms with Crippen molar-refractivity contribution >= 4 is 5.91 Å². The van der Waals surface area contributed by atoms with Crippen molar-refractivity contribution in [1.29, 1.82) is 5.26 Å². The molecule has 0 aliphatic carbocycles. The van der Waals surface area contributed by atoms with Crippen molar-refractivity contribution in [3.8, 4) is 6.07 Å². The van der Waals surface area contributed by atoms with Crippen LogP contribution in [0.2, 0.25) is 0 Å². The van der Waals surface area contributed by atoms with E-state index in [4.69, 9.17) is 5.26 Å². The second-order valence-corrected chi connectivity index (χ2v) is 4.79. The summed E-state index contributed by atoms with van der Waals surface area (Å²) < 4.78 is 1.12. The van der Waals surface area contributed by atoms with E-state index in [0.717, 1.165) is 10.2 Å². The monoisotopic (exact) mass is 281 g/mol. The first-order valence-corrected chi connectivity index (χ1v) is 6.50. The molecular weight excluding hydrogens is 266 g/mol. The van der Waals surface area contributed by atoms with Crippen LogP contribution in [-0.4, -0.2) is 10.6 Å². The Kier molecular flexibility index (Phi) is 4.19. The number of hydrogen-bond acceptors (Lipinski definition) is 3. The number of benzene rings is 1. The number of rotatable bonds is 3. The lowest BCUT2D eigenvalue weighted by molar-refractivity contribution is -0.116. The molecule has 0 fully saturated rings. The lowest BCUT2D eigenvalue weighted by Crippen LogP contribution is -2.37. The number of carbonyl (C=O) groups is 1. The lowest BCUT2D eigenvalue weighted by atomic mass is 10.1. The Morgan fingerprint density at radius 1 is 1.29 bits per heavy atom. The molecule has 0 saturated carbocycles. The standard InChI is InChI=1S/C16H15N3O2/c1-11-8-12(2)19(16(21)14(11)10-17)18-15(20)9-13-6-4-3-5-7-13/h3-8H,9H2,1-2H3,(H,18,20). The number of aryl methyl sites for hydroxylation is 2. The fraction of sp³-hybridized carbons (Fsp3) is 0.188. The highest BCUT2D eigenvalue weighted by molar-refractivity contribution is 5.85. The van der Waals surface area contributed by atoms with Gasteiger partial charge in [-0.15, -0.1) is 0 Å². The largest absolute Gasteiger partial charge is 0.287 e. The zero-order chi connectivity index (χ0) is 15.4. The summed E-state index contributed by atoms with van der Waals surface area (Å²) in [6.45, 7) is 3.40. The van der Waals surface area contributed by atoms with Crippen LogP contribution >= 0.6 is 0 Å². The van der Waals surface area contributed by atoms with Crippen LogP contribution < -0.4 is 11.0 Å². The number of nitriles is 1. The summed E-state index contributed by atoms with van der Waals surface area (Å²) >= 11 is 0. The van der Waals surface area contributed by atoms with Crippen molar-refractivity contribution in [3.05, 3.63) is 69.1 Å². The van der Waals surface area contributed by atoms with Crippen LogP contribution in [0.4, 0.5) is 0 Å². The van der Waals surface area contributed by atoms with Crippen LogP contribution in [0.3, 0.4) is 0 Å². The van der Waals surface area contributed by atoms with Gasteiger partial charge in [-0.3, -0.25) is 15.0 Å². The fourth-order valence-corrected chi connectivity index (χ4v) is 2.11. The zero-order valence-corrected chi connectivity index (χ0v) is 11.9. The number of carbonyl (C=O) groups excluding carboxylic acids is 1. The number of aromatic nitrogens is 1. The molecule has 0 aliphatic heterocycles. The highest BCUT2D eigenvalue weighted by atomic mass is 16.2. The molecule has 21 heavy (non-hydrogen) atoms. The summed E-state index contributed by atoms with van der Waals surface area (Å²) in [5, 5.41) is 9.01. The van der Waals surface area contributed by atoms with Crippen molar-refractivity contribution in [2.24, 2.45) is 0 Å². The maximum absolute atomic E-state index is 12.2. The second kappa shape index (κ2) is 6.06. The summed E-state index contributed by atoms with van der Waals surface area (Å²) in [6, 6.07) is 12.8. The number of hydrogen-bond donors (Lipinski definition) is 1. The summed E-state index contributed by atoms with van der Waals surface area (Å²) in [5.41, 5.74) is 4.12. The van der Waals surface area contributed by atoms with E-state index in [1.165, 1.54) is 0 Å². The molecule has 1 amide bonds. The normalized spacial score (nSPS) is 9.95. The smallest absolute Gasteiger partial charge is 0.273 e. The Labute approximate surface area is 122 Å². The van der Waals surface area contributed by atoms with Gasteiger partial charge in [-0.25, -0.2) is 4.68 Å². The first-order chi connectivity index (χ1) is 10.0. The molecule has 0 atom stereocenters. The van der Waals surface area contributed by atoms with Gasteiger partial charge < -0.3 is 0 Å². The molecule has 1 heterocycles. The minimum absolute atomic E-state index is 0.0422. The molecule has 0 saturated heterocycles. The molecule has 0 bridgehead atoms. The molecule has 1 aromatic heterocycles. The molecule has 0 radical (unpaired) electrons. The maximum atomic E-state index is 12.2. The van der Waals surface area contributed by atoms with Crippen LogP contribution in [0.15, 0.2) is 41.2 Å². The number of nitrogens with zero attached hydrogens (tertiary/aromatic N) is 2. The van der Waals surface area contributed by atoms with Gasteiger partial charge in [-0.1, -0.05) is 30.3 Å². The SMILES string of the molecule is Cc1cc(C)n(NC(=O)Cc2ccccc2)c(=O)c1C#N. The molecule has 5 heteroatoms. The summed E-state index contributed by atoms with van der Waals surface area (Å²) in [5.74, 6) is -0.306. The maximum Gasteiger partial charge on any atom is 0.287 e. The predicted octanol–water partition coefficient (Wildman–Crippen LogP) is 1.65. The van der Waals surface area contributed by atoms with Gasteiger partial charge in [0.05, 0.1) is 6.42 Å². The first kappa shape index (κ1) is 14.5. The van der Waals surface area contributed by atoms with Gasteiger partial charge in [0.15, 0.2) is 0 Å². The molecule has 0 unspecified atom stereocenters. The van der Waals surface area contributed by atoms with Crippen LogP contribution in [-0.2, 0) is 11.2 Å². The second-order valence-electron chi connectivity index (χ2n) is 4.79. The molecule has 2 rings (SSSR count). The van der Waals surface area contributed by atoms with Crippen molar-refractivity contribution in [2.45, 2.75) is 20.3 Å². The lowest BCUT2D eigenvalue weighted by Gasteiger charge is -2.13. The van der Waals surface area contributed by atoms with E-state index in [1.54, 1.807) is 19.9 Å². The molecule has 0 aliphatic rings. The number of pyridine rings is 1. The van der Waals surface area contributed by atoms with Crippen molar-refractivity contribution in [1.82, 2.24) is 4.68 Å². The third kappa shape index (κ3) is 3.18. The van der Waals surface area contributed by atoms with E-state index in [9.17, 15) is 9.59 Å². The highest BCUT2D eigenvalue weighted by Crippen LogP contribution is 2.05. The van der Waals surface area contributed by atoms with Crippen LogP contribution in [0.1, 0.15) is 22.4 Å². The van der Waals surface area contributed by atoms with Crippen LogP contribution in [0, 0.1) is 25.2 Å².